The van der Waals surface area contributed by atoms with Gasteiger partial charge in [0.05, 0.1) is 19.0 Å². The second-order valence-electron chi connectivity index (χ2n) is 4.28. The van der Waals surface area contributed by atoms with Gasteiger partial charge in [0.2, 0.25) is 5.95 Å². The Labute approximate surface area is 112 Å². The number of hydrogen-bond donors (Lipinski definition) is 2. The third-order valence-electron chi connectivity index (χ3n) is 3.00. The quantitative estimate of drug-likeness (QED) is 0.788. The zero-order valence-corrected chi connectivity index (χ0v) is 10.5. The van der Waals surface area contributed by atoms with Gasteiger partial charge >= 0.3 is 0 Å². The van der Waals surface area contributed by atoms with Gasteiger partial charge in [0.1, 0.15) is 11.7 Å². The minimum absolute atomic E-state index is 0.0219. The average molecular weight is 288 g/mol. The Hall–Kier alpha value is -1.51. The second-order valence-corrected chi connectivity index (χ2v) is 4.64. The predicted molar refractivity (Wildman–Crippen MR) is 65.3 cm³/mol. The van der Waals surface area contributed by atoms with Crippen molar-refractivity contribution in [3.8, 4) is 0 Å². The van der Waals surface area contributed by atoms with E-state index in [0.717, 1.165) is 0 Å². The first kappa shape index (κ1) is 12.5. The summed E-state index contributed by atoms with van der Waals surface area (Å²) in [5.41, 5.74) is 6.16. The highest BCUT2D eigenvalue weighted by Crippen LogP contribution is 2.33. The van der Waals surface area contributed by atoms with E-state index in [4.69, 9.17) is 27.2 Å². The Morgan fingerprint density at radius 3 is 3.05 bits per heavy atom. The monoisotopic (exact) mass is 287 g/mol. The molecule has 0 amide bonds. The van der Waals surface area contributed by atoms with E-state index in [1.54, 1.807) is 0 Å². The maximum atomic E-state index is 13.9. The first-order valence-corrected chi connectivity index (χ1v) is 6.04. The molecule has 3 rings (SSSR count). The molecule has 7 nitrogen and oxygen atoms in total. The van der Waals surface area contributed by atoms with Gasteiger partial charge in [0.15, 0.2) is 17.0 Å². The second kappa shape index (κ2) is 4.55. The van der Waals surface area contributed by atoms with E-state index < -0.39 is 18.5 Å². The van der Waals surface area contributed by atoms with Crippen LogP contribution < -0.4 is 5.73 Å². The van der Waals surface area contributed by atoms with Crippen molar-refractivity contribution in [2.45, 2.75) is 24.9 Å². The lowest BCUT2D eigenvalue weighted by atomic mass is 10.2. The molecule has 3 atom stereocenters. The van der Waals surface area contributed by atoms with Gasteiger partial charge in [-0.3, -0.25) is 4.57 Å². The fourth-order valence-corrected chi connectivity index (χ4v) is 2.37. The molecule has 0 radical (unpaired) electrons. The van der Waals surface area contributed by atoms with Gasteiger partial charge in [-0.15, -0.1) is 0 Å². The summed E-state index contributed by atoms with van der Waals surface area (Å²) in [5.74, 6) is -0.0219. The summed E-state index contributed by atoms with van der Waals surface area (Å²) in [6, 6.07) is 0. The molecule has 9 heteroatoms. The molecule has 0 spiro atoms. The molecule has 0 aromatic carbocycles. The Kier molecular flexibility index (Phi) is 3.00. The van der Waals surface area contributed by atoms with E-state index in [1.807, 2.05) is 0 Å². The van der Waals surface area contributed by atoms with E-state index >= 15 is 0 Å². The summed E-state index contributed by atoms with van der Waals surface area (Å²) in [6.45, 7) is -0.235. The molecule has 3 N–H and O–H groups in total. The number of fused-ring (bicyclic) bond motifs is 1. The first-order chi connectivity index (χ1) is 9.10. The van der Waals surface area contributed by atoms with Crippen molar-refractivity contribution in [3.63, 3.8) is 0 Å². The Bertz CT molecular complexity index is 621. The molecule has 2 aromatic rings. The molecule has 19 heavy (non-hydrogen) atoms. The average Bonchev–Trinajstić information content (AvgIpc) is 2.92. The lowest BCUT2D eigenvalue weighted by molar-refractivity contribution is -0.0351. The molecule has 102 valence electrons. The van der Waals surface area contributed by atoms with Gasteiger partial charge in [-0.25, -0.2) is 9.37 Å². The standard InChI is InChI=1S/C10H11ClFN5O2/c11-7-6-8(16-10(13)15-7)17(3-14-6)9-5(12)1-4(2-18)19-9/h3-5,9,18H,1-2H2,(H2,13,15,16). The Morgan fingerprint density at radius 1 is 1.58 bits per heavy atom. The van der Waals surface area contributed by atoms with Gasteiger partial charge in [0, 0.05) is 6.42 Å². The van der Waals surface area contributed by atoms with Crippen LogP contribution in [0.1, 0.15) is 12.6 Å². The minimum atomic E-state index is -1.26. The maximum absolute atomic E-state index is 13.9. The van der Waals surface area contributed by atoms with Crippen LogP contribution in [-0.4, -0.2) is 43.5 Å². The third-order valence-corrected chi connectivity index (χ3v) is 3.27. The summed E-state index contributed by atoms with van der Waals surface area (Å²) in [5, 5.41) is 9.12. The van der Waals surface area contributed by atoms with Crippen LogP contribution in [0.25, 0.3) is 11.2 Å². The number of hydrogen-bond acceptors (Lipinski definition) is 6. The van der Waals surface area contributed by atoms with Crippen molar-refractivity contribution in [2.75, 3.05) is 12.3 Å². The van der Waals surface area contributed by atoms with Crippen molar-refractivity contribution in [3.05, 3.63) is 11.5 Å². The molecule has 1 saturated heterocycles. The Morgan fingerprint density at radius 2 is 2.37 bits per heavy atom. The smallest absolute Gasteiger partial charge is 0.223 e. The van der Waals surface area contributed by atoms with Gasteiger partial charge in [0.25, 0.3) is 0 Å². The number of nitrogens with zero attached hydrogens (tertiary/aromatic N) is 4. The number of halogens is 2. The van der Waals surface area contributed by atoms with E-state index in [1.165, 1.54) is 10.9 Å². The largest absolute Gasteiger partial charge is 0.394 e. The van der Waals surface area contributed by atoms with Crippen LogP contribution in [0.4, 0.5) is 10.3 Å². The molecule has 3 unspecified atom stereocenters. The van der Waals surface area contributed by atoms with E-state index in [-0.39, 0.29) is 24.1 Å². The van der Waals surface area contributed by atoms with Crippen molar-refractivity contribution >= 4 is 28.7 Å². The molecule has 0 bridgehead atoms. The lowest BCUT2D eigenvalue weighted by Gasteiger charge is -2.15. The number of nitrogens with two attached hydrogens (primary N) is 1. The van der Waals surface area contributed by atoms with Crippen LogP contribution in [-0.2, 0) is 4.74 Å². The highest BCUT2D eigenvalue weighted by Gasteiger charge is 2.37. The van der Waals surface area contributed by atoms with Crippen molar-refractivity contribution < 1.29 is 14.2 Å². The zero-order valence-electron chi connectivity index (χ0n) is 9.70. The lowest BCUT2D eigenvalue weighted by Crippen LogP contribution is -2.17. The maximum Gasteiger partial charge on any atom is 0.223 e. The van der Waals surface area contributed by atoms with Crippen LogP contribution >= 0.6 is 11.6 Å². The number of imidazole rings is 1. The number of aliphatic hydroxyl groups excluding tert-OH is 1. The van der Waals surface area contributed by atoms with Crippen molar-refractivity contribution in [1.29, 1.82) is 0 Å². The summed E-state index contributed by atoms with van der Waals surface area (Å²) in [6.07, 6.45) is -1.19. The number of aliphatic hydroxyl groups is 1. The predicted octanol–water partition coefficient (Wildman–Crippen LogP) is 0.680. The van der Waals surface area contributed by atoms with E-state index in [9.17, 15) is 4.39 Å². The van der Waals surface area contributed by atoms with Crippen LogP contribution in [0.3, 0.4) is 0 Å². The van der Waals surface area contributed by atoms with Gasteiger partial charge in [-0.1, -0.05) is 11.6 Å². The topological polar surface area (TPSA) is 99.1 Å². The SMILES string of the molecule is Nc1nc(Cl)c2ncn(C3OC(CO)CC3F)c2n1. The molecule has 1 aliphatic rings. The number of alkyl halides is 1. The van der Waals surface area contributed by atoms with Gasteiger partial charge < -0.3 is 15.6 Å². The summed E-state index contributed by atoms with van der Waals surface area (Å²) >= 11 is 5.89. The first-order valence-electron chi connectivity index (χ1n) is 5.66. The molecule has 0 aliphatic carbocycles. The molecular weight excluding hydrogens is 277 g/mol. The van der Waals surface area contributed by atoms with Gasteiger partial charge in [-0.05, 0) is 0 Å². The molecular formula is C10H11ClFN5O2. The molecule has 1 fully saturated rings. The number of rotatable bonds is 2. The zero-order chi connectivity index (χ0) is 13.6. The van der Waals surface area contributed by atoms with Crippen molar-refractivity contribution in [1.82, 2.24) is 19.5 Å². The fourth-order valence-electron chi connectivity index (χ4n) is 2.15. The number of aromatic nitrogens is 4. The molecule has 3 heterocycles. The Balaban J connectivity index is 2.06. The fraction of sp³-hybridized carbons (Fsp3) is 0.500. The highest BCUT2D eigenvalue weighted by molar-refractivity contribution is 6.33. The third kappa shape index (κ3) is 2.01. The molecule has 0 saturated carbocycles. The van der Waals surface area contributed by atoms with Crippen LogP contribution in [0.15, 0.2) is 6.33 Å². The molecule has 1 aliphatic heterocycles. The molecule has 2 aromatic heterocycles. The van der Waals surface area contributed by atoms with Crippen molar-refractivity contribution in [2.24, 2.45) is 0 Å². The van der Waals surface area contributed by atoms with Crippen LogP contribution in [0.5, 0.6) is 0 Å². The van der Waals surface area contributed by atoms with Crippen LogP contribution in [0.2, 0.25) is 5.15 Å². The minimum Gasteiger partial charge on any atom is -0.394 e. The van der Waals surface area contributed by atoms with E-state index in [2.05, 4.69) is 15.0 Å². The summed E-state index contributed by atoms with van der Waals surface area (Å²) in [4.78, 5) is 11.8. The van der Waals surface area contributed by atoms with E-state index in [0.29, 0.717) is 11.2 Å². The number of ether oxygens (including phenoxy) is 1. The number of anilines is 1. The van der Waals surface area contributed by atoms with Gasteiger partial charge in [-0.2, -0.15) is 9.97 Å². The number of nitrogen functional groups attached to an aromatic ring is 1. The van der Waals surface area contributed by atoms with Crippen LogP contribution in [0, 0.1) is 0 Å². The summed E-state index contributed by atoms with van der Waals surface area (Å²) in [7, 11) is 0. The highest BCUT2D eigenvalue weighted by atomic mass is 35.5. The summed E-state index contributed by atoms with van der Waals surface area (Å²) < 4.78 is 20.8. The normalized spacial score (nSPS) is 27.2.